The van der Waals surface area contributed by atoms with Crippen LogP contribution in [0.1, 0.15) is 11.1 Å². The van der Waals surface area contributed by atoms with Crippen molar-refractivity contribution in [3.8, 4) is 17.2 Å². The van der Waals surface area contributed by atoms with E-state index < -0.39 is 12.0 Å². The van der Waals surface area contributed by atoms with E-state index in [1.807, 2.05) is 30.3 Å². The lowest BCUT2D eigenvalue weighted by Crippen LogP contribution is -2.32. The second kappa shape index (κ2) is 8.21. The van der Waals surface area contributed by atoms with Crippen LogP contribution in [-0.4, -0.2) is 31.3 Å². The minimum absolute atomic E-state index is 0.125. The number of nitrogens with two attached hydrogens (primary N) is 1. The van der Waals surface area contributed by atoms with Gasteiger partial charge in [-0.2, -0.15) is 0 Å². The van der Waals surface area contributed by atoms with Crippen LogP contribution < -0.4 is 19.9 Å². The third-order valence-electron chi connectivity index (χ3n) is 3.56. The Hall–Kier alpha value is -2.73. The lowest BCUT2D eigenvalue weighted by Gasteiger charge is -2.17. The average molecular weight is 331 g/mol. The molecule has 0 saturated heterocycles. The van der Waals surface area contributed by atoms with Crippen LogP contribution in [0, 0.1) is 0 Å². The number of aliphatic carboxylic acids is 1. The zero-order valence-corrected chi connectivity index (χ0v) is 13.7. The van der Waals surface area contributed by atoms with Gasteiger partial charge >= 0.3 is 5.97 Å². The van der Waals surface area contributed by atoms with E-state index in [0.29, 0.717) is 29.4 Å². The molecule has 1 unspecified atom stereocenters. The fourth-order valence-corrected chi connectivity index (χ4v) is 2.26. The van der Waals surface area contributed by atoms with E-state index in [4.69, 9.17) is 25.1 Å². The van der Waals surface area contributed by atoms with Gasteiger partial charge in [0.1, 0.15) is 18.4 Å². The highest BCUT2D eigenvalue weighted by Gasteiger charge is 2.18. The Labute approximate surface area is 140 Å². The molecule has 6 heteroatoms. The van der Waals surface area contributed by atoms with Crippen LogP contribution in [0.15, 0.2) is 42.5 Å². The third-order valence-corrected chi connectivity index (χ3v) is 3.56. The Morgan fingerprint density at radius 1 is 1.08 bits per heavy atom. The summed E-state index contributed by atoms with van der Waals surface area (Å²) in [6, 6.07) is 12.0. The van der Waals surface area contributed by atoms with Crippen LogP contribution in [0.5, 0.6) is 17.2 Å². The number of rotatable bonds is 8. The van der Waals surface area contributed by atoms with Gasteiger partial charge < -0.3 is 25.1 Å². The number of carboxylic acids is 1. The van der Waals surface area contributed by atoms with Gasteiger partial charge in [-0.3, -0.25) is 4.79 Å². The molecule has 0 saturated carbocycles. The molecule has 0 bridgehead atoms. The van der Waals surface area contributed by atoms with Crippen LogP contribution in [0.2, 0.25) is 0 Å². The standard InChI is InChI=1S/C18H21NO5/c1-22-16-9-13(8-14(19)18(20)21)15(10-17(16)23-2)24-11-12-6-4-3-5-7-12/h3-7,9-10,14H,8,11,19H2,1-2H3,(H,20,21). The van der Waals surface area contributed by atoms with Crippen molar-refractivity contribution in [2.75, 3.05) is 14.2 Å². The van der Waals surface area contributed by atoms with Gasteiger partial charge in [-0.25, -0.2) is 0 Å². The molecule has 0 aliphatic rings. The molecule has 2 aromatic rings. The average Bonchev–Trinajstić information content (AvgIpc) is 2.60. The molecule has 0 fully saturated rings. The molecule has 0 heterocycles. The summed E-state index contributed by atoms with van der Waals surface area (Å²) in [7, 11) is 3.05. The monoisotopic (exact) mass is 331 g/mol. The van der Waals surface area contributed by atoms with Gasteiger partial charge in [0.25, 0.3) is 0 Å². The fraction of sp³-hybridized carbons (Fsp3) is 0.278. The van der Waals surface area contributed by atoms with Crippen molar-refractivity contribution in [3.05, 3.63) is 53.6 Å². The Bertz CT molecular complexity index is 687. The van der Waals surface area contributed by atoms with Gasteiger partial charge in [-0.05, 0) is 11.6 Å². The quantitative estimate of drug-likeness (QED) is 0.771. The van der Waals surface area contributed by atoms with E-state index >= 15 is 0 Å². The molecule has 0 radical (unpaired) electrons. The minimum atomic E-state index is -1.07. The highest BCUT2D eigenvalue weighted by molar-refractivity contribution is 5.73. The molecule has 0 aromatic heterocycles. The SMILES string of the molecule is COc1cc(CC(N)C(=O)O)c(OCc2ccccc2)cc1OC. The number of carboxylic acid groups (broad SMARTS) is 1. The zero-order valence-electron chi connectivity index (χ0n) is 13.7. The predicted octanol–water partition coefficient (Wildman–Crippen LogP) is 2.24. The molecule has 6 nitrogen and oxygen atoms in total. The number of methoxy groups -OCH3 is 2. The second-order valence-electron chi connectivity index (χ2n) is 5.24. The molecule has 24 heavy (non-hydrogen) atoms. The summed E-state index contributed by atoms with van der Waals surface area (Å²) in [5, 5.41) is 9.05. The van der Waals surface area contributed by atoms with Crippen LogP contribution >= 0.6 is 0 Å². The lowest BCUT2D eigenvalue weighted by atomic mass is 10.0. The van der Waals surface area contributed by atoms with Crippen molar-refractivity contribution >= 4 is 5.97 Å². The van der Waals surface area contributed by atoms with Crippen molar-refractivity contribution in [2.24, 2.45) is 5.73 Å². The summed E-state index contributed by atoms with van der Waals surface area (Å²) in [6.07, 6.45) is 0.125. The summed E-state index contributed by atoms with van der Waals surface area (Å²) < 4.78 is 16.4. The van der Waals surface area contributed by atoms with Gasteiger partial charge in [0.15, 0.2) is 11.5 Å². The van der Waals surface area contributed by atoms with Crippen molar-refractivity contribution in [2.45, 2.75) is 19.1 Å². The molecule has 2 aromatic carbocycles. The van der Waals surface area contributed by atoms with Gasteiger partial charge in [0, 0.05) is 18.1 Å². The first-order valence-corrected chi connectivity index (χ1v) is 7.45. The number of hydrogen-bond donors (Lipinski definition) is 2. The topological polar surface area (TPSA) is 91.0 Å². The highest BCUT2D eigenvalue weighted by atomic mass is 16.5. The highest BCUT2D eigenvalue weighted by Crippen LogP contribution is 2.35. The molecular formula is C18H21NO5. The number of hydrogen-bond acceptors (Lipinski definition) is 5. The maximum absolute atomic E-state index is 11.1. The summed E-state index contributed by atoms with van der Waals surface area (Å²) in [5.74, 6) is 0.456. The molecule has 0 spiro atoms. The third kappa shape index (κ3) is 4.39. The molecule has 0 amide bonds. The molecule has 3 N–H and O–H groups in total. The van der Waals surface area contributed by atoms with Crippen LogP contribution in [0.3, 0.4) is 0 Å². The lowest BCUT2D eigenvalue weighted by molar-refractivity contribution is -0.138. The van der Waals surface area contributed by atoms with Gasteiger partial charge in [-0.15, -0.1) is 0 Å². The minimum Gasteiger partial charge on any atom is -0.493 e. The van der Waals surface area contributed by atoms with E-state index in [2.05, 4.69) is 0 Å². The number of ether oxygens (including phenoxy) is 3. The normalized spacial score (nSPS) is 11.6. The van der Waals surface area contributed by atoms with E-state index in [1.165, 1.54) is 14.2 Å². The van der Waals surface area contributed by atoms with E-state index in [1.54, 1.807) is 12.1 Å². The summed E-state index contributed by atoms with van der Waals surface area (Å²) in [5.41, 5.74) is 7.31. The number of carbonyl (C=O) groups is 1. The zero-order chi connectivity index (χ0) is 17.5. The Morgan fingerprint density at radius 3 is 2.29 bits per heavy atom. The first-order valence-electron chi connectivity index (χ1n) is 7.45. The van der Waals surface area contributed by atoms with Crippen molar-refractivity contribution in [1.82, 2.24) is 0 Å². The smallest absolute Gasteiger partial charge is 0.320 e. The molecule has 2 rings (SSSR count). The van der Waals surface area contributed by atoms with Crippen molar-refractivity contribution in [3.63, 3.8) is 0 Å². The maximum atomic E-state index is 11.1. The van der Waals surface area contributed by atoms with E-state index in [9.17, 15) is 4.79 Å². The second-order valence-corrected chi connectivity index (χ2v) is 5.24. The largest absolute Gasteiger partial charge is 0.493 e. The molecular weight excluding hydrogens is 310 g/mol. The summed E-state index contributed by atoms with van der Waals surface area (Å²) in [6.45, 7) is 0.353. The van der Waals surface area contributed by atoms with E-state index in [0.717, 1.165) is 5.56 Å². The van der Waals surface area contributed by atoms with Gasteiger partial charge in [0.05, 0.1) is 14.2 Å². The Kier molecular flexibility index (Phi) is 6.03. The van der Waals surface area contributed by atoms with Crippen molar-refractivity contribution < 1.29 is 24.1 Å². The Balaban J connectivity index is 2.29. The molecule has 1 atom stereocenters. The molecule has 0 aliphatic carbocycles. The maximum Gasteiger partial charge on any atom is 0.320 e. The van der Waals surface area contributed by atoms with Gasteiger partial charge in [0.2, 0.25) is 0 Å². The summed E-state index contributed by atoms with van der Waals surface area (Å²) >= 11 is 0. The van der Waals surface area contributed by atoms with Gasteiger partial charge in [-0.1, -0.05) is 30.3 Å². The summed E-state index contributed by atoms with van der Waals surface area (Å²) in [4.78, 5) is 11.1. The molecule has 0 aliphatic heterocycles. The van der Waals surface area contributed by atoms with Crippen LogP contribution in [0.25, 0.3) is 0 Å². The first-order chi connectivity index (χ1) is 11.5. The predicted molar refractivity (Wildman–Crippen MR) is 89.6 cm³/mol. The van der Waals surface area contributed by atoms with E-state index in [-0.39, 0.29) is 6.42 Å². The fourth-order valence-electron chi connectivity index (χ4n) is 2.26. The van der Waals surface area contributed by atoms with Crippen LogP contribution in [0.4, 0.5) is 0 Å². The van der Waals surface area contributed by atoms with Crippen LogP contribution in [-0.2, 0) is 17.8 Å². The van der Waals surface area contributed by atoms with Crippen molar-refractivity contribution in [1.29, 1.82) is 0 Å². The Morgan fingerprint density at radius 2 is 1.71 bits per heavy atom. The molecule has 128 valence electrons. The number of benzene rings is 2. The first kappa shape index (κ1) is 17.6.